The largest absolute Gasteiger partial charge is 0.270 e. The van der Waals surface area contributed by atoms with Gasteiger partial charge in [-0.25, -0.2) is 9.97 Å². The average Bonchev–Trinajstić information content (AvgIpc) is 2.60. The maximum atomic E-state index is 4.59. The van der Waals surface area contributed by atoms with Crippen molar-refractivity contribution >= 4 is 32.6 Å². The predicted octanol–water partition coefficient (Wildman–Crippen LogP) is 3.26. The molecule has 0 spiro atoms. The number of nitrogens with zero attached hydrogens (tertiary/aromatic N) is 3. The highest BCUT2D eigenvalue weighted by atomic mass is 79.9. The molecule has 0 aliphatic rings. The van der Waals surface area contributed by atoms with Gasteiger partial charge in [0, 0.05) is 11.1 Å². The van der Waals surface area contributed by atoms with Crippen LogP contribution in [0, 0.1) is 13.8 Å². The molecule has 0 N–H and O–H groups in total. The van der Waals surface area contributed by atoms with Crippen LogP contribution in [0.2, 0.25) is 0 Å². The van der Waals surface area contributed by atoms with Crippen LogP contribution in [0.15, 0.2) is 29.0 Å². The van der Waals surface area contributed by atoms with Gasteiger partial charge in [-0.05, 0) is 53.5 Å². The third kappa shape index (κ3) is 1.26. The van der Waals surface area contributed by atoms with Crippen LogP contribution in [0.3, 0.4) is 0 Å². The first kappa shape index (κ1) is 9.78. The zero-order chi connectivity index (χ0) is 11.3. The second-order valence-corrected chi connectivity index (χ2v) is 4.74. The lowest BCUT2D eigenvalue weighted by Gasteiger charge is -2.06. The van der Waals surface area contributed by atoms with Crippen molar-refractivity contribution in [2.45, 2.75) is 13.8 Å². The Labute approximate surface area is 101 Å². The van der Waals surface area contributed by atoms with Gasteiger partial charge in [-0.1, -0.05) is 0 Å². The molecule has 0 saturated heterocycles. The molecule has 0 fully saturated rings. The maximum Gasteiger partial charge on any atom is 0.147 e. The molecule has 3 aromatic heterocycles. The summed E-state index contributed by atoms with van der Waals surface area (Å²) in [6, 6.07) is 6.18. The van der Waals surface area contributed by atoms with Crippen molar-refractivity contribution in [1.29, 1.82) is 0 Å². The molecule has 0 aromatic carbocycles. The van der Waals surface area contributed by atoms with E-state index < -0.39 is 0 Å². The van der Waals surface area contributed by atoms with Crippen LogP contribution in [0.25, 0.3) is 16.7 Å². The molecule has 3 rings (SSSR count). The number of pyridine rings is 2. The predicted molar refractivity (Wildman–Crippen MR) is 67.7 cm³/mol. The van der Waals surface area contributed by atoms with E-state index in [0.29, 0.717) is 0 Å². The summed E-state index contributed by atoms with van der Waals surface area (Å²) in [5.41, 5.74) is 4.14. The highest BCUT2D eigenvalue weighted by Crippen LogP contribution is 2.23. The number of fused-ring (bicyclic) bond motifs is 3. The van der Waals surface area contributed by atoms with E-state index in [9.17, 15) is 0 Å². The Morgan fingerprint density at radius 2 is 2.06 bits per heavy atom. The van der Waals surface area contributed by atoms with E-state index in [0.717, 1.165) is 27.0 Å². The van der Waals surface area contributed by atoms with Gasteiger partial charge in [-0.2, -0.15) is 0 Å². The van der Waals surface area contributed by atoms with Gasteiger partial charge in [0.2, 0.25) is 0 Å². The van der Waals surface area contributed by atoms with Crippen molar-refractivity contribution in [1.82, 2.24) is 14.4 Å². The monoisotopic (exact) mass is 275 g/mol. The number of aryl methyl sites for hydroxylation is 2. The Morgan fingerprint density at radius 1 is 1.25 bits per heavy atom. The highest BCUT2D eigenvalue weighted by Gasteiger charge is 2.08. The Hall–Kier alpha value is -1.42. The van der Waals surface area contributed by atoms with Gasteiger partial charge in [0.25, 0.3) is 0 Å². The van der Waals surface area contributed by atoms with E-state index in [-0.39, 0.29) is 0 Å². The molecule has 0 aliphatic heterocycles. The molecule has 0 atom stereocenters. The second-order valence-electron chi connectivity index (χ2n) is 3.93. The number of aromatic nitrogens is 3. The van der Waals surface area contributed by atoms with Crippen molar-refractivity contribution in [2.24, 2.45) is 0 Å². The van der Waals surface area contributed by atoms with E-state index in [1.54, 1.807) is 6.20 Å². The lowest BCUT2D eigenvalue weighted by molar-refractivity contribution is 1.12. The Bertz CT molecular complexity index is 700. The number of hydrogen-bond acceptors (Lipinski definition) is 2. The van der Waals surface area contributed by atoms with E-state index in [1.807, 2.05) is 17.4 Å². The van der Waals surface area contributed by atoms with E-state index in [4.69, 9.17) is 0 Å². The zero-order valence-electron chi connectivity index (χ0n) is 9.03. The molecule has 3 aromatic rings. The number of imidazole rings is 1. The third-order valence-corrected chi connectivity index (χ3v) is 3.29. The summed E-state index contributed by atoms with van der Waals surface area (Å²) in [5.74, 6) is 0. The molecule has 0 bridgehead atoms. The highest BCUT2D eigenvalue weighted by molar-refractivity contribution is 9.10. The molecule has 0 aliphatic carbocycles. The summed E-state index contributed by atoms with van der Waals surface area (Å²) in [7, 11) is 0. The van der Waals surface area contributed by atoms with Gasteiger partial charge in [-0.3, -0.25) is 4.40 Å². The van der Waals surface area contributed by atoms with E-state index >= 15 is 0 Å². The van der Waals surface area contributed by atoms with Crippen molar-refractivity contribution in [3.63, 3.8) is 0 Å². The SMILES string of the molecule is Cc1cc(C)c2ccc3ncc(Br)n3c2n1. The maximum absolute atomic E-state index is 4.59. The van der Waals surface area contributed by atoms with Gasteiger partial charge >= 0.3 is 0 Å². The summed E-state index contributed by atoms with van der Waals surface area (Å²) in [6.45, 7) is 4.11. The van der Waals surface area contributed by atoms with Crippen molar-refractivity contribution in [3.05, 3.63) is 40.3 Å². The minimum absolute atomic E-state index is 0.914. The van der Waals surface area contributed by atoms with Gasteiger partial charge in [-0.15, -0.1) is 0 Å². The van der Waals surface area contributed by atoms with Crippen LogP contribution in [0.1, 0.15) is 11.3 Å². The molecule has 0 amide bonds. The third-order valence-electron chi connectivity index (χ3n) is 2.73. The molecule has 0 unspecified atom stereocenters. The molecule has 3 nitrogen and oxygen atoms in total. The van der Waals surface area contributed by atoms with Gasteiger partial charge in [0.15, 0.2) is 0 Å². The zero-order valence-corrected chi connectivity index (χ0v) is 10.6. The summed E-state index contributed by atoms with van der Waals surface area (Å²) >= 11 is 3.50. The summed E-state index contributed by atoms with van der Waals surface area (Å²) in [4.78, 5) is 8.89. The van der Waals surface area contributed by atoms with E-state index in [1.165, 1.54) is 5.56 Å². The Morgan fingerprint density at radius 3 is 2.88 bits per heavy atom. The van der Waals surface area contributed by atoms with Gasteiger partial charge in [0.1, 0.15) is 15.9 Å². The second kappa shape index (κ2) is 3.28. The molecule has 3 heterocycles. The first-order valence-electron chi connectivity index (χ1n) is 5.07. The number of halogens is 1. The van der Waals surface area contributed by atoms with Crippen LogP contribution in [-0.4, -0.2) is 14.4 Å². The summed E-state index contributed by atoms with van der Waals surface area (Å²) in [5, 5.41) is 1.16. The minimum atomic E-state index is 0.914. The lowest BCUT2D eigenvalue weighted by atomic mass is 10.1. The Balaban J connectivity index is 2.63. The number of hydrogen-bond donors (Lipinski definition) is 0. The fourth-order valence-electron chi connectivity index (χ4n) is 2.03. The van der Waals surface area contributed by atoms with Crippen molar-refractivity contribution in [2.75, 3.05) is 0 Å². The van der Waals surface area contributed by atoms with Crippen LogP contribution < -0.4 is 0 Å². The Kier molecular flexibility index (Phi) is 2.01. The minimum Gasteiger partial charge on any atom is -0.270 e. The number of rotatable bonds is 0. The molecule has 4 heteroatoms. The van der Waals surface area contributed by atoms with Gasteiger partial charge < -0.3 is 0 Å². The quantitative estimate of drug-likeness (QED) is 0.631. The summed E-state index contributed by atoms with van der Waals surface area (Å²) in [6.07, 6.45) is 1.80. The molecule has 0 saturated carbocycles. The first-order valence-corrected chi connectivity index (χ1v) is 5.86. The van der Waals surface area contributed by atoms with Crippen molar-refractivity contribution in [3.8, 4) is 0 Å². The fourth-order valence-corrected chi connectivity index (χ4v) is 2.48. The topological polar surface area (TPSA) is 30.2 Å². The van der Waals surface area contributed by atoms with Gasteiger partial charge in [0.05, 0.1) is 6.20 Å². The standard InChI is InChI=1S/C12H10BrN3/c1-7-5-8(2)15-12-9(7)3-4-11-14-6-10(13)16(11)12/h3-6H,1-2H3. The smallest absolute Gasteiger partial charge is 0.147 e. The normalized spacial score (nSPS) is 11.4. The van der Waals surface area contributed by atoms with Crippen LogP contribution in [0.4, 0.5) is 0 Å². The van der Waals surface area contributed by atoms with Crippen LogP contribution >= 0.6 is 15.9 Å². The fraction of sp³-hybridized carbons (Fsp3) is 0.167. The molecule has 80 valence electrons. The van der Waals surface area contributed by atoms with Crippen molar-refractivity contribution < 1.29 is 0 Å². The molecule has 16 heavy (non-hydrogen) atoms. The van der Waals surface area contributed by atoms with Crippen LogP contribution in [0.5, 0.6) is 0 Å². The van der Waals surface area contributed by atoms with E-state index in [2.05, 4.69) is 45.0 Å². The molecular weight excluding hydrogens is 266 g/mol. The van der Waals surface area contributed by atoms with Crippen LogP contribution in [-0.2, 0) is 0 Å². The molecular formula is C12H10BrN3. The first-order chi connectivity index (χ1) is 7.66. The average molecular weight is 276 g/mol. The summed E-state index contributed by atoms with van der Waals surface area (Å²) < 4.78 is 2.96. The lowest BCUT2D eigenvalue weighted by Crippen LogP contribution is -1.95. The molecule has 0 radical (unpaired) electrons.